The number of ether oxygens (including phenoxy) is 2. The molecule has 0 radical (unpaired) electrons. The normalized spacial score (nSPS) is 17.5. The molecule has 0 fully saturated rings. The minimum atomic E-state index is -0.374. The van der Waals surface area contributed by atoms with Gasteiger partial charge in [-0.15, -0.1) is 11.8 Å². The number of thioether (sulfide) groups is 1. The molecule has 0 saturated heterocycles. The first-order valence-corrected chi connectivity index (χ1v) is 8.78. The molecule has 2 N–H and O–H groups in total. The van der Waals surface area contributed by atoms with Gasteiger partial charge in [0.2, 0.25) is 0 Å². The standard InChI is InChI=1S/C16H20N2O3S2/c1-10-13(15(19)21-9-8-20-2)14(18-16(22)17-10)11-4-6-12(23-3)7-5-11/h4-7,14H,8-9H2,1-3H3,(H2,17,18,22). The van der Waals surface area contributed by atoms with E-state index in [-0.39, 0.29) is 18.6 Å². The third-order valence-corrected chi connectivity index (χ3v) is 4.42. The van der Waals surface area contributed by atoms with Gasteiger partial charge in [-0.1, -0.05) is 12.1 Å². The lowest BCUT2D eigenvalue weighted by atomic mass is 9.96. The van der Waals surface area contributed by atoms with Crippen molar-refractivity contribution in [3.63, 3.8) is 0 Å². The second-order valence-electron chi connectivity index (χ2n) is 4.97. The summed E-state index contributed by atoms with van der Waals surface area (Å²) in [5, 5.41) is 6.63. The van der Waals surface area contributed by atoms with Gasteiger partial charge in [0.25, 0.3) is 0 Å². The maximum Gasteiger partial charge on any atom is 0.338 e. The second kappa shape index (κ2) is 8.33. The van der Waals surface area contributed by atoms with Crippen molar-refractivity contribution >= 4 is 35.1 Å². The summed E-state index contributed by atoms with van der Waals surface area (Å²) < 4.78 is 10.2. The molecule has 7 heteroatoms. The number of methoxy groups -OCH3 is 1. The summed E-state index contributed by atoms with van der Waals surface area (Å²) in [5.41, 5.74) is 2.20. The average Bonchev–Trinajstić information content (AvgIpc) is 2.54. The van der Waals surface area contributed by atoms with Gasteiger partial charge in [-0.3, -0.25) is 0 Å². The van der Waals surface area contributed by atoms with Crippen LogP contribution in [-0.2, 0) is 14.3 Å². The van der Waals surface area contributed by atoms with E-state index in [0.717, 1.165) is 10.5 Å². The molecule has 2 rings (SSSR count). The number of carbonyl (C=O) groups is 1. The van der Waals surface area contributed by atoms with Crippen LogP contribution in [0, 0.1) is 0 Å². The first kappa shape index (κ1) is 17.8. The Kier molecular flexibility index (Phi) is 6.44. The zero-order valence-electron chi connectivity index (χ0n) is 13.3. The van der Waals surface area contributed by atoms with Crippen molar-refractivity contribution in [1.29, 1.82) is 0 Å². The van der Waals surface area contributed by atoms with E-state index in [1.54, 1.807) is 18.9 Å². The molecule has 124 valence electrons. The Bertz CT molecular complexity index is 614. The van der Waals surface area contributed by atoms with E-state index in [4.69, 9.17) is 21.7 Å². The number of hydrogen-bond donors (Lipinski definition) is 2. The van der Waals surface area contributed by atoms with Gasteiger partial charge in [0, 0.05) is 17.7 Å². The van der Waals surface area contributed by atoms with Crippen molar-refractivity contribution in [3.05, 3.63) is 41.1 Å². The first-order chi connectivity index (χ1) is 11.1. The molecule has 5 nitrogen and oxygen atoms in total. The highest BCUT2D eigenvalue weighted by Crippen LogP contribution is 2.28. The fourth-order valence-corrected chi connectivity index (χ4v) is 2.99. The van der Waals surface area contributed by atoms with Crippen LogP contribution in [-0.4, -0.2) is 37.7 Å². The summed E-state index contributed by atoms with van der Waals surface area (Å²) in [6.07, 6.45) is 2.02. The molecule has 1 unspecified atom stereocenters. The number of nitrogens with one attached hydrogen (secondary N) is 2. The lowest BCUT2D eigenvalue weighted by Crippen LogP contribution is -2.45. The molecular weight excluding hydrogens is 332 g/mol. The van der Waals surface area contributed by atoms with Gasteiger partial charge < -0.3 is 20.1 Å². The van der Waals surface area contributed by atoms with Crippen LogP contribution in [0.25, 0.3) is 0 Å². The highest BCUT2D eigenvalue weighted by atomic mass is 32.2. The summed E-state index contributed by atoms with van der Waals surface area (Å²) in [6, 6.07) is 7.71. The Balaban J connectivity index is 2.27. The Morgan fingerprint density at radius 2 is 2.00 bits per heavy atom. The van der Waals surface area contributed by atoms with E-state index in [1.807, 2.05) is 37.4 Å². The van der Waals surface area contributed by atoms with Crippen molar-refractivity contribution < 1.29 is 14.3 Å². The van der Waals surface area contributed by atoms with Crippen LogP contribution >= 0.6 is 24.0 Å². The molecule has 0 spiro atoms. The molecule has 0 aliphatic carbocycles. The maximum absolute atomic E-state index is 12.4. The lowest BCUT2D eigenvalue weighted by molar-refractivity contribution is -0.140. The number of esters is 1. The van der Waals surface area contributed by atoms with Crippen molar-refractivity contribution in [1.82, 2.24) is 10.6 Å². The Labute approximate surface area is 145 Å². The van der Waals surface area contributed by atoms with Gasteiger partial charge in [0.1, 0.15) is 6.61 Å². The van der Waals surface area contributed by atoms with Crippen LogP contribution in [0.2, 0.25) is 0 Å². The molecule has 1 aliphatic rings. The predicted octanol–water partition coefficient (Wildman–Crippen LogP) is 2.39. The van der Waals surface area contributed by atoms with Crippen molar-refractivity contribution in [2.75, 3.05) is 26.6 Å². The molecule has 0 amide bonds. The summed E-state index contributed by atoms with van der Waals surface area (Å²) >= 11 is 6.89. The van der Waals surface area contributed by atoms with Gasteiger partial charge in [0.05, 0.1) is 18.2 Å². The van der Waals surface area contributed by atoms with Crippen LogP contribution in [0.1, 0.15) is 18.5 Å². The first-order valence-electron chi connectivity index (χ1n) is 7.15. The number of thiocarbonyl (C=S) groups is 1. The largest absolute Gasteiger partial charge is 0.460 e. The summed E-state index contributed by atoms with van der Waals surface area (Å²) in [7, 11) is 1.57. The molecule has 1 aromatic rings. The van der Waals surface area contributed by atoms with Crippen LogP contribution in [0.4, 0.5) is 0 Å². The van der Waals surface area contributed by atoms with Gasteiger partial charge in [-0.2, -0.15) is 0 Å². The monoisotopic (exact) mass is 352 g/mol. The van der Waals surface area contributed by atoms with Gasteiger partial charge >= 0.3 is 5.97 Å². The number of benzene rings is 1. The number of allylic oxidation sites excluding steroid dienone is 1. The molecule has 1 aromatic carbocycles. The second-order valence-corrected chi connectivity index (χ2v) is 6.26. The molecule has 0 aromatic heterocycles. The highest BCUT2D eigenvalue weighted by molar-refractivity contribution is 7.98. The molecule has 1 atom stereocenters. The third-order valence-electron chi connectivity index (χ3n) is 3.46. The van der Waals surface area contributed by atoms with Crippen LogP contribution < -0.4 is 10.6 Å². The van der Waals surface area contributed by atoms with E-state index >= 15 is 0 Å². The van der Waals surface area contributed by atoms with Crippen molar-refractivity contribution in [3.8, 4) is 0 Å². The smallest absolute Gasteiger partial charge is 0.338 e. The zero-order chi connectivity index (χ0) is 16.8. The van der Waals surface area contributed by atoms with Gasteiger partial charge in [0.15, 0.2) is 5.11 Å². The Hall–Kier alpha value is -1.57. The third kappa shape index (κ3) is 4.46. The van der Waals surface area contributed by atoms with Crippen molar-refractivity contribution in [2.24, 2.45) is 0 Å². The molecule has 1 heterocycles. The minimum Gasteiger partial charge on any atom is -0.460 e. The van der Waals surface area contributed by atoms with Crippen LogP contribution in [0.15, 0.2) is 40.4 Å². The molecule has 1 aliphatic heterocycles. The summed E-state index contributed by atoms with van der Waals surface area (Å²) in [6.45, 7) is 2.41. The topological polar surface area (TPSA) is 59.6 Å². The number of carbonyl (C=O) groups excluding carboxylic acids is 1. The van der Waals surface area contributed by atoms with Crippen LogP contribution in [0.3, 0.4) is 0 Å². The van der Waals surface area contributed by atoms with E-state index in [9.17, 15) is 4.79 Å². The minimum absolute atomic E-state index is 0.217. The molecular formula is C16H20N2O3S2. The predicted molar refractivity (Wildman–Crippen MR) is 95.4 cm³/mol. The SMILES string of the molecule is COCCOC(=O)C1=C(C)NC(=S)NC1c1ccc(SC)cc1. The fraction of sp³-hybridized carbons (Fsp3) is 0.375. The van der Waals surface area contributed by atoms with E-state index in [2.05, 4.69) is 10.6 Å². The molecule has 0 saturated carbocycles. The highest BCUT2D eigenvalue weighted by Gasteiger charge is 2.30. The Morgan fingerprint density at radius 3 is 2.61 bits per heavy atom. The lowest BCUT2D eigenvalue weighted by Gasteiger charge is -2.30. The summed E-state index contributed by atoms with van der Waals surface area (Å²) in [4.78, 5) is 13.6. The Morgan fingerprint density at radius 1 is 1.30 bits per heavy atom. The van der Waals surface area contributed by atoms with Crippen LogP contribution in [0.5, 0.6) is 0 Å². The van der Waals surface area contributed by atoms with E-state index in [1.165, 1.54) is 0 Å². The van der Waals surface area contributed by atoms with Gasteiger partial charge in [-0.05, 0) is 43.1 Å². The van der Waals surface area contributed by atoms with Gasteiger partial charge in [-0.25, -0.2) is 4.79 Å². The van der Waals surface area contributed by atoms with E-state index < -0.39 is 0 Å². The molecule has 23 heavy (non-hydrogen) atoms. The van der Waals surface area contributed by atoms with Crippen molar-refractivity contribution in [2.45, 2.75) is 17.9 Å². The quantitative estimate of drug-likeness (QED) is 0.353. The number of rotatable bonds is 6. The maximum atomic E-state index is 12.4. The average molecular weight is 352 g/mol. The van der Waals surface area contributed by atoms with E-state index in [0.29, 0.717) is 23.0 Å². The number of hydrogen-bond acceptors (Lipinski definition) is 5. The summed E-state index contributed by atoms with van der Waals surface area (Å²) in [5.74, 6) is -0.374. The zero-order valence-corrected chi connectivity index (χ0v) is 15.0. The fourth-order valence-electron chi connectivity index (χ4n) is 2.31. The molecule has 0 bridgehead atoms.